The molecule has 142 valence electrons. The van der Waals surface area contributed by atoms with Crippen LogP contribution in [0, 0.1) is 5.92 Å². The van der Waals surface area contributed by atoms with Crippen LogP contribution >= 0.6 is 0 Å². The number of carboxylic acids is 1. The monoisotopic (exact) mass is 360 g/mol. The van der Waals surface area contributed by atoms with Gasteiger partial charge in [-0.2, -0.15) is 0 Å². The summed E-state index contributed by atoms with van der Waals surface area (Å²) in [5.74, 6) is -1.18. The highest BCUT2D eigenvalue weighted by Gasteiger charge is 2.44. The zero-order valence-electron chi connectivity index (χ0n) is 15.2. The van der Waals surface area contributed by atoms with Crippen LogP contribution in [0.15, 0.2) is 30.3 Å². The lowest BCUT2D eigenvalue weighted by atomic mass is 9.73. The molecule has 0 saturated heterocycles. The topological polar surface area (TPSA) is 98.7 Å². The van der Waals surface area contributed by atoms with Gasteiger partial charge in [0.05, 0.1) is 0 Å². The van der Waals surface area contributed by atoms with Gasteiger partial charge in [0, 0.05) is 12.6 Å². The normalized spacial score (nSPS) is 17.8. The fourth-order valence-corrected chi connectivity index (χ4v) is 3.77. The molecule has 2 rings (SSSR count). The van der Waals surface area contributed by atoms with Gasteiger partial charge < -0.3 is 5.11 Å². The standard InChI is InChI=1S/C20H28N2O4/c1-2-20(19(24)25,17-6-4-3-5-7-17)21-14-16-10-8-15(9-11-16)12-13-18(23)22-26/h8-13,17,21,26H,2-7,14H2,1H3,(H,22,23)(H,24,25)/t20-/m0/s1. The number of amides is 1. The van der Waals surface area contributed by atoms with Gasteiger partial charge in [-0.1, -0.05) is 50.5 Å². The van der Waals surface area contributed by atoms with Crippen molar-refractivity contribution < 1.29 is 19.9 Å². The molecule has 1 saturated carbocycles. The third kappa shape index (κ3) is 4.93. The van der Waals surface area contributed by atoms with E-state index in [1.54, 1.807) is 11.6 Å². The maximum Gasteiger partial charge on any atom is 0.324 e. The number of carboxylic acid groups (broad SMARTS) is 1. The van der Waals surface area contributed by atoms with Crippen molar-refractivity contribution in [3.63, 3.8) is 0 Å². The second kappa shape index (κ2) is 9.50. The van der Waals surface area contributed by atoms with Gasteiger partial charge >= 0.3 is 5.97 Å². The van der Waals surface area contributed by atoms with Crippen molar-refractivity contribution in [1.29, 1.82) is 0 Å². The molecule has 1 aromatic carbocycles. The van der Waals surface area contributed by atoms with Gasteiger partial charge in [0.1, 0.15) is 5.54 Å². The quantitative estimate of drug-likeness (QED) is 0.324. The summed E-state index contributed by atoms with van der Waals surface area (Å²) in [6.45, 7) is 2.42. The molecular weight excluding hydrogens is 332 g/mol. The average molecular weight is 360 g/mol. The van der Waals surface area contributed by atoms with Crippen LogP contribution in [-0.2, 0) is 16.1 Å². The minimum atomic E-state index is -0.877. The third-order valence-electron chi connectivity index (χ3n) is 5.37. The number of hydrogen-bond donors (Lipinski definition) is 4. The predicted molar refractivity (Wildman–Crippen MR) is 99.5 cm³/mol. The summed E-state index contributed by atoms with van der Waals surface area (Å²) in [6.07, 6.45) is 8.71. The lowest BCUT2D eigenvalue weighted by Gasteiger charge is -2.39. The third-order valence-corrected chi connectivity index (χ3v) is 5.37. The van der Waals surface area contributed by atoms with E-state index >= 15 is 0 Å². The van der Waals surface area contributed by atoms with E-state index in [9.17, 15) is 14.7 Å². The minimum absolute atomic E-state index is 0.165. The summed E-state index contributed by atoms with van der Waals surface area (Å²) in [6, 6.07) is 7.53. The van der Waals surface area contributed by atoms with Gasteiger partial charge in [0.2, 0.25) is 0 Å². The van der Waals surface area contributed by atoms with Crippen molar-refractivity contribution in [2.24, 2.45) is 5.92 Å². The highest BCUT2D eigenvalue weighted by atomic mass is 16.5. The molecule has 0 bridgehead atoms. The number of carbonyl (C=O) groups is 2. The number of benzene rings is 1. The molecule has 1 aliphatic carbocycles. The van der Waals surface area contributed by atoms with E-state index in [1.807, 2.05) is 31.2 Å². The number of hydroxylamine groups is 1. The lowest BCUT2D eigenvalue weighted by molar-refractivity contribution is -0.148. The Kier molecular flexibility index (Phi) is 7.36. The van der Waals surface area contributed by atoms with Gasteiger partial charge in [-0.05, 0) is 42.4 Å². The summed E-state index contributed by atoms with van der Waals surface area (Å²) >= 11 is 0. The Morgan fingerprint density at radius 2 is 1.85 bits per heavy atom. The molecule has 0 heterocycles. The van der Waals surface area contributed by atoms with Gasteiger partial charge in [-0.3, -0.25) is 20.1 Å². The number of hydrogen-bond acceptors (Lipinski definition) is 4. The first-order chi connectivity index (χ1) is 12.5. The summed E-state index contributed by atoms with van der Waals surface area (Å²) in [4.78, 5) is 23.1. The van der Waals surface area contributed by atoms with Crippen LogP contribution in [0.3, 0.4) is 0 Å². The Labute approximate surface area is 154 Å². The van der Waals surface area contributed by atoms with Crippen LogP contribution in [0.4, 0.5) is 0 Å². The highest BCUT2D eigenvalue weighted by molar-refractivity contribution is 5.90. The second-order valence-corrected chi connectivity index (χ2v) is 6.87. The summed E-state index contributed by atoms with van der Waals surface area (Å²) in [5.41, 5.74) is 2.48. The van der Waals surface area contributed by atoms with E-state index < -0.39 is 17.4 Å². The molecule has 0 aliphatic heterocycles. The molecule has 26 heavy (non-hydrogen) atoms. The van der Waals surface area contributed by atoms with Crippen molar-refractivity contribution in [3.8, 4) is 0 Å². The summed E-state index contributed by atoms with van der Waals surface area (Å²) in [5, 5.41) is 21.7. The molecule has 1 aromatic rings. The molecule has 1 fully saturated rings. The zero-order chi connectivity index (χ0) is 19.0. The van der Waals surface area contributed by atoms with Crippen LogP contribution in [0.1, 0.15) is 56.6 Å². The number of rotatable bonds is 8. The molecule has 1 atom stereocenters. The summed E-state index contributed by atoms with van der Waals surface area (Å²) < 4.78 is 0. The molecule has 0 spiro atoms. The van der Waals surface area contributed by atoms with E-state index in [0.29, 0.717) is 13.0 Å². The van der Waals surface area contributed by atoms with E-state index in [-0.39, 0.29) is 5.92 Å². The fraction of sp³-hybridized carbons (Fsp3) is 0.500. The first kappa shape index (κ1) is 20.1. The molecule has 1 aliphatic rings. The molecule has 6 nitrogen and oxygen atoms in total. The SMILES string of the molecule is CC[C@@](NCc1ccc(C=CC(=O)NO)cc1)(C(=O)O)C1CCCCC1. The molecule has 0 radical (unpaired) electrons. The maximum absolute atomic E-state index is 12.1. The molecule has 1 amide bonds. The molecule has 0 aromatic heterocycles. The molecule has 0 unspecified atom stereocenters. The van der Waals surface area contributed by atoms with E-state index in [4.69, 9.17) is 5.21 Å². The van der Waals surface area contributed by atoms with E-state index in [0.717, 1.165) is 36.8 Å². The van der Waals surface area contributed by atoms with Crippen LogP contribution in [0.5, 0.6) is 0 Å². The van der Waals surface area contributed by atoms with Gasteiger partial charge in [0.25, 0.3) is 5.91 Å². The van der Waals surface area contributed by atoms with E-state index in [1.165, 1.54) is 12.5 Å². The second-order valence-electron chi connectivity index (χ2n) is 6.87. The largest absolute Gasteiger partial charge is 0.480 e. The molecule has 6 heteroatoms. The van der Waals surface area contributed by atoms with Gasteiger partial charge in [0.15, 0.2) is 0 Å². The van der Waals surface area contributed by atoms with Crippen LogP contribution < -0.4 is 10.8 Å². The number of nitrogens with one attached hydrogen (secondary N) is 2. The molecular formula is C20H28N2O4. The van der Waals surface area contributed by atoms with Crippen LogP contribution in [-0.4, -0.2) is 27.7 Å². The summed E-state index contributed by atoms with van der Waals surface area (Å²) in [7, 11) is 0. The van der Waals surface area contributed by atoms with Crippen LogP contribution in [0.25, 0.3) is 6.08 Å². The fourth-order valence-electron chi connectivity index (χ4n) is 3.77. The smallest absolute Gasteiger partial charge is 0.324 e. The predicted octanol–water partition coefficient (Wildman–Crippen LogP) is 3.11. The highest BCUT2D eigenvalue weighted by Crippen LogP contribution is 2.35. The van der Waals surface area contributed by atoms with Crippen molar-refractivity contribution in [3.05, 3.63) is 41.5 Å². The average Bonchev–Trinajstić information content (AvgIpc) is 2.68. The maximum atomic E-state index is 12.1. The van der Waals surface area contributed by atoms with Gasteiger partial charge in [-0.25, -0.2) is 5.48 Å². The first-order valence-corrected chi connectivity index (χ1v) is 9.21. The van der Waals surface area contributed by atoms with E-state index in [2.05, 4.69) is 5.32 Å². The number of aliphatic carboxylic acids is 1. The van der Waals surface area contributed by atoms with Crippen molar-refractivity contribution in [1.82, 2.24) is 10.8 Å². The Morgan fingerprint density at radius 3 is 2.38 bits per heavy atom. The first-order valence-electron chi connectivity index (χ1n) is 9.21. The van der Waals surface area contributed by atoms with Crippen molar-refractivity contribution >= 4 is 18.0 Å². The lowest BCUT2D eigenvalue weighted by Crippen LogP contribution is -2.57. The Balaban J connectivity index is 2.05. The van der Waals surface area contributed by atoms with Crippen LogP contribution in [0.2, 0.25) is 0 Å². The van der Waals surface area contributed by atoms with Crippen molar-refractivity contribution in [2.75, 3.05) is 0 Å². The Morgan fingerprint density at radius 1 is 1.19 bits per heavy atom. The van der Waals surface area contributed by atoms with Crippen molar-refractivity contribution in [2.45, 2.75) is 57.5 Å². The number of carbonyl (C=O) groups excluding carboxylic acids is 1. The Hall–Kier alpha value is -2.18. The van der Waals surface area contributed by atoms with Gasteiger partial charge in [-0.15, -0.1) is 0 Å². The molecule has 4 N–H and O–H groups in total. The zero-order valence-corrected chi connectivity index (χ0v) is 15.2. The Bertz CT molecular complexity index is 636. The minimum Gasteiger partial charge on any atom is -0.480 e.